The van der Waals surface area contributed by atoms with E-state index in [0.29, 0.717) is 17.0 Å². The van der Waals surface area contributed by atoms with Crippen LogP contribution in [0.3, 0.4) is 0 Å². The smallest absolute Gasteiger partial charge is 0.251 e. The number of carbonyl (C=O) groups is 1. The lowest BCUT2D eigenvalue weighted by Gasteiger charge is -2.11. The number of aliphatic hydroxyl groups excluding tert-OH is 1. The Labute approximate surface area is 137 Å². The first kappa shape index (κ1) is 15.7. The highest BCUT2D eigenvalue weighted by Crippen LogP contribution is 2.21. The summed E-state index contributed by atoms with van der Waals surface area (Å²) in [7, 11) is 0. The van der Waals surface area contributed by atoms with Crippen LogP contribution in [0, 0.1) is 0 Å². The number of aliphatic hydroxyl groups is 1. The molecule has 1 aromatic heterocycles. The zero-order valence-electron chi connectivity index (χ0n) is 12.6. The zero-order valence-corrected chi connectivity index (χ0v) is 12.6. The summed E-state index contributed by atoms with van der Waals surface area (Å²) in [6.07, 6.45) is 0. The van der Waals surface area contributed by atoms with E-state index < -0.39 is 6.04 Å². The topological polar surface area (TPSA) is 108 Å². The minimum Gasteiger partial charge on any atom is -0.508 e. The summed E-state index contributed by atoms with van der Waals surface area (Å²) in [6.45, 7) is -0.379. The van der Waals surface area contributed by atoms with Gasteiger partial charge in [-0.3, -0.25) is 4.79 Å². The maximum atomic E-state index is 12.2. The first-order chi connectivity index (χ1) is 11.7. The van der Waals surface area contributed by atoms with Crippen LogP contribution in [0.15, 0.2) is 59.1 Å². The van der Waals surface area contributed by atoms with Gasteiger partial charge < -0.3 is 20.1 Å². The molecule has 1 amide bonds. The van der Waals surface area contributed by atoms with E-state index in [4.69, 9.17) is 4.52 Å². The van der Waals surface area contributed by atoms with Gasteiger partial charge in [0.1, 0.15) is 11.8 Å². The molecule has 7 nitrogen and oxygen atoms in total. The van der Waals surface area contributed by atoms with E-state index in [2.05, 4.69) is 15.5 Å². The Hall–Kier alpha value is -3.19. The zero-order chi connectivity index (χ0) is 16.9. The Kier molecular flexibility index (Phi) is 4.53. The average molecular weight is 325 g/mol. The van der Waals surface area contributed by atoms with E-state index in [-0.39, 0.29) is 24.2 Å². The SMILES string of the molecule is O=C(N[C@@H](CO)c1nc(-c2ccc(O)cc2)no1)c1ccccc1. The van der Waals surface area contributed by atoms with Crippen molar-refractivity contribution in [2.24, 2.45) is 0 Å². The van der Waals surface area contributed by atoms with Gasteiger partial charge in [0, 0.05) is 11.1 Å². The van der Waals surface area contributed by atoms with Gasteiger partial charge >= 0.3 is 0 Å². The molecule has 0 radical (unpaired) electrons. The van der Waals surface area contributed by atoms with Crippen molar-refractivity contribution in [3.8, 4) is 17.1 Å². The Morgan fingerprint density at radius 2 is 1.83 bits per heavy atom. The van der Waals surface area contributed by atoms with Gasteiger partial charge in [-0.15, -0.1) is 0 Å². The molecule has 24 heavy (non-hydrogen) atoms. The second-order valence-corrected chi connectivity index (χ2v) is 5.08. The van der Waals surface area contributed by atoms with Crippen molar-refractivity contribution in [3.05, 3.63) is 66.1 Å². The summed E-state index contributed by atoms with van der Waals surface area (Å²) in [5, 5.41) is 25.3. The van der Waals surface area contributed by atoms with E-state index in [9.17, 15) is 15.0 Å². The van der Waals surface area contributed by atoms with Gasteiger partial charge in [-0.1, -0.05) is 23.4 Å². The van der Waals surface area contributed by atoms with Crippen LogP contribution in [0.5, 0.6) is 5.75 Å². The normalized spacial score (nSPS) is 11.9. The van der Waals surface area contributed by atoms with Crippen LogP contribution in [-0.2, 0) is 0 Å². The molecule has 2 aromatic carbocycles. The van der Waals surface area contributed by atoms with Crippen molar-refractivity contribution in [2.45, 2.75) is 6.04 Å². The number of amides is 1. The van der Waals surface area contributed by atoms with Gasteiger partial charge in [-0.25, -0.2) is 0 Å². The van der Waals surface area contributed by atoms with Crippen LogP contribution in [0.1, 0.15) is 22.3 Å². The third-order valence-corrected chi connectivity index (χ3v) is 3.39. The van der Waals surface area contributed by atoms with Gasteiger partial charge in [0.2, 0.25) is 5.82 Å². The predicted molar refractivity (Wildman–Crippen MR) is 85.1 cm³/mol. The predicted octanol–water partition coefficient (Wildman–Crippen LogP) is 1.91. The summed E-state index contributed by atoms with van der Waals surface area (Å²) in [6, 6.07) is 14.1. The number of rotatable bonds is 5. The van der Waals surface area contributed by atoms with Crippen LogP contribution < -0.4 is 5.32 Å². The van der Waals surface area contributed by atoms with E-state index >= 15 is 0 Å². The molecular formula is C17H15N3O4. The quantitative estimate of drug-likeness (QED) is 0.661. The molecule has 1 atom stereocenters. The van der Waals surface area contributed by atoms with E-state index in [1.165, 1.54) is 12.1 Å². The number of nitrogens with zero attached hydrogens (tertiary/aromatic N) is 2. The molecule has 0 aliphatic heterocycles. The van der Waals surface area contributed by atoms with Crippen LogP contribution in [0.25, 0.3) is 11.4 Å². The Morgan fingerprint density at radius 1 is 1.12 bits per heavy atom. The van der Waals surface area contributed by atoms with E-state index in [1.54, 1.807) is 36.4 Å². The van der Waals surface area contributed by atoms with Crippen LogP contribution in [-0.4, -0.2) is 32.9 Å². The standard InChI is InChI=1S/C17H15N3O4/c21-10-14(18-16(23)12-4-2-1-3-5-12)17-19-15(20-24-17)11-6-8-13(22)9-7-11/h1-9,14,21-22H,10H2,(H,18,23)/t14-/m0/s1. The van der Waals surface area contributed by atoms with Gasteiger partial charge in [0.15, 0.2) is 0 Å². The summed E-state index contributed by atoms with van der Waals surface area (Å²) in [5.74, 6) is 0.187. The fourth-order valence-corrected chi connectivity index (χ4v) is 2.12. The molecule has 0 bridgehead atoms. The molecule has 0 unspecified atom stereocenters. The highest BCUT2D eigenvalue weighted by molar-refractivity contribution is 5.94. The van der Waals surface area contributed by atoms with Gasteiger partial charge in [0.05, 0.1) is 6.61 Å². The number of phenols is 1. The Balaban J connectivity index is 1.77. The molecule has 0 spiro atoms. The number of hydrogen-bond acceptors (Lipinski definition) is 6. The third kappa shape index (κ3) is 3.41. The first-order valence-corrected chi connectivity index (χ1v) is 7.27. The van der Waals surface area contributed by atoms with E-state index in [0.717, 1.165) is 0 Å². The van der Waals surface area contributed by atoms with Crippen LogP contribution in [0.2, 0.25) is 0 Å². The highest BCUT2D eigenvalue weighted by Gasteiger charge is 2.21. The third-order valence-electron chi connectivity index (χ3n) is 3.39. The Morgan fingerprint density at radius 3 is 2.50 bits per heavy atom. The second-order valence-electron chi connectivity index (χ2n) is 5.08. The van der Waals surface area contributed by atoms with Gasteiger partial charge in [-0.2, -0.15) is 4.98 Å². The van der Waals surface area contributed by atoms with Crippen molar-refractivity contribution in [1.82, 2.24) is 15.5 Å². The summed E-state index contributed by atoms with van der Waals surface area (Å²) < 4.78 is 5.14. The molecule has 3 N–H and O–H groups in total. The minimum atomic E-state index is -0.809. The van der Waals surface area contributed by atoms with Crippen molar-refractivity contribution < 1.29 is 19.5 Å². The average Bonchev–Trinajstić information content (AvgIpc) is 3.10. The summed E-state index contributed by atoms with van der Waals surface area (Å²) >= 11 is 0. The molecule has 3 aromatic rings. The number of aromatic nitrogens is 2. The number of nitrogens with one attached hydrogen (secondary N) is 1. The fraction of sp³-hybridized carbons (Fsp3) is 0.118. The maximum absolute atomic E-state index is 12.2. The molecule has 0 saturated carbocycles. The summed E-state index contributed by atoms with van der Waals surface area (Å²) in [5.41, 5.74) is 1.11. The number of carbonyl (C=O) groups excluding carboxylic acids is 1. The minimum absolute atomic E-state index is 0.102. The number of phenolic OH excluding ortho intramolecular Hbond substituents is 1. The van der Waals surface area contributed by atoms with E-state index in [1.807, 2.05) is 6.07 Å². The molecule has 0 saturated heterocycles. The van der Waals surface area contributed by atoms with Crippen molar-refractivity contribution in [2.75, 3.05) is 6.61 Å². The van der Waals surface area contributed by atoms with Crippen LogP contribution in [0.4, 0.5) is 0 Å². The van der Waals surface area contributed by atoms with Crippen molar-refractivity contribution >= 4 is 5.91 Å². The summed E-state index contributed by atoms with van der Waals surface area (Å²) in [4.78, 5) is 16.4. The molecule has 0 fully saturated rings. The Bertz CT molecular complexity index is 815. The lowest BCUT2D eigenvalue weighted by molar-refractivity contribution is 0.0901. The highest BCUT2D eigenvalue weighted by atomic mass is 16.5. The lowest BCUT2D eigenvalue weighted by Crippen LogP contribution is -2.31. The monoisotopic (exact) mass is 325 g/mol. The fourth-order valence-electron chi connectivity index (χ4n) is 2.12. The largest absolute Gasteiger partial charge is 0.508 e. The molecular weight excluding hydrogens is 310 g/mol. The molecule has 3 rings (SSSR count). The second kappa shape index (κ2) is 6.93. The van der Waals surface area contributed by atoms with Crippen LogP contribution >= 0.6 is 0 Å². The lowest BCUT2D eigenvalue weighted by atomic mass is 10.2. The molecule has 7 heteroatoms. The number of hydrogen-bond donors (Lipinski definition) is 3. The van der Waals surface area contributed by atoms with Crippen molar-refractivity contribution in [3.63, 3.8) is 0 Å². The van der Waals surface area contributed by atoms with Gasteiger partial charge in [0.25, 0.3) is 11.8 Å². The number of aromatic hydroxyl groups is 1. The number of benzene rings is 2. The molecule has 0 aliphatic rings. The van der Waals surface area contributed by atoms with Crippen molar-refractivity contribution in [1.29, 1.82) is 0 Å². The molecule has 0 aliphatic carbocycles. The maximum Gasteiger partial charge on any atom is 0.251 e. The molecule has 122 valence electrons. The first-order valence-electron chi connectivity index (χ1n) is 7.27. The van der Waals surface area contributed by atoms with Gasteiger partial charge in [-0.05, 0) is 36.4 Å². The molecule has 1 heterocycles.